The Labute approximate surface area is 121 Å². The van der Waals surface area contributed by atoms with Crippen LogP contribution < -0.4 is 9.47 Å². The third kappa shape index (κ3) is 3.22. The summed E-state index contributed by atoms with van der Waals surface area (Å²) in [5.41, 5.74) is 1.30. The minimum Gasteiger partial charge on any atom is -0.508 e. The van der Waals surface area contributed by atoms with E-state index in [1.54, 1.807) is 30.3 Å². The van der Waals surface area contributed by atoms with Crippen LogP contribution in [0.15, 0.2) is 36.4 Å². The molecule has 0 spiro atoms. The van der Waals surface area contributed by atoms with Gasteiger partial charge in [-0.2, -0.15) is 0 Å². The lowest BCUT2D eigenvalue weighted by Gasteiger charge is -2.13. The molecule has 0 fully saturated rings. The van der Waals surface area contributed by atoms with Crippen molar-refractivity contribution in [2.24, 2.45) is 0 Å². The van der Waals surface area contributed by atoms with Crippen LogP contribution in [0.25, 0.3) is 0 Å². The highest BCUT2D eigenvalue weighted by Crippen LogP contribution is 2.36. The lowest BCUT2D eigenvalue weighted by atomic mass is 10.2. The molecule has 0 amide bonds. The van der Waals surface area contributed by atoms with Crippen LogP contribution in [0.4, 0.5) is 0 Å². The van der Waals surface area contributed by atoms with Crippen molar-refractivity contribution < 1.29 is 19.4 Å². The summed E-state index contributed by atoms with van der Waals surface area (Å²) in [6.07, 6.45) is 0.693. The molecule has 0 atom stereocenters. The number of methoxy groups -OCH3 is 1. The maximum absolute atomic E-state index is 10.8. The van der Waals surface area contributed by atoms with Crippen molar-refractivity contribution in [3.8, 4) is 17.2 Å². The standard InChI is InChI=1S/C15H13ClO4/c1-19-14-7-11(8-17)6-13(16)15(14)20-9-10-2-4-12(18)5-3-10/h2-8,18H,9H2,1H3. The summed E-state index contributed by atoms with van der Waals surface area (Å²) in [6.45, 7) is 0.275. The van der Waals surface area contributed by atoms with Crippen LogP contribution in [0.5, 0.6) is 17.2 Å². The first-order valence-electron chi connectivity index (χ1n) is 5.87. The van der Waals surface area contributed by atoms with Crippen molar-refractivity contribution in [2.45, 2.75) is 6.61 Å². The Bertz CT molecular complexity index is 608. The van der Waals surface area contributed by atoms with E-state index < -0.39 is 0 Å². The van der Waals surface area contributed by atoms with E-state index in [0.29, 0.717) is 28.4 Å². The van der Waals surface area contributed by atoms with Gasteiger partial charge in [0.05, 0.1) is 12.1 Å². The van der Waals surface area contributed by atoms with Crippen molar-refractivity contribution in [3.63, 3.8) is 0 Å². The van der Waals surface area contributed by atoms with Gasteiger partial charge in [-0.25, -0.2) is 0 Å². The second kappa shape index (κ2) is 6.30. The van der Waals surface area contributed by atoms with Gasteiger partial charge in [0.2, 0.25) is 0 Å². The predicted molar refractivity (Wildman–Crippen MR) is 75.8 cm³/mol. The van der Waals surface area contributed by atoms with E-state index >= 15 is 0 Å². The maximum Gasteiger partial charge on any atom is 0.180 e. The Balaban J connectivity index is 2.20. The average molecular weight is 293 g/mol. The fraction of sp³-hybridized carbons (Fsp3) is 0.133. The summed E-state index contributed by atoms with van der Waals surface area (Å²) in [7, 11) is 1.48. The number of aromatic hydroxyl groups is 1. The monoisotopic (exact) mass is 292 g/mol. The number of rotatable bonds is 5. The van der Waals surface area contributed by atoms with Gasteiger partial charge >= 0.3 is 0 Å². The third-order valence-electron chi connectivity index (χ3n) is 2.71. The molecular weight excluding hydrogens is 280 g/mol. The number of hydrogen-bond acceptors (Lipinski definition) is 4. The number of phenols is 1. The maximum atomic E-state index is 10.8. The van der Waals surface area contributed by atoms with Gasteiger partial charge in [-0.15, -0.1) is 0 Å². The third-order valence-corrected chi connectivity index (χ3v) is 2.99. The number of carbonyl (C=O) groups excluding carboxylic acids is 1. The molecule has 0 saturated heterocycles. The Morgan fingerprint density at radius 1 is 1.25 bits per heavy atom. The van der Waals surface area contributed by atoms with Gasteiger partial charge in [-0.05, 0) is 29.8 Å². The first-order valence-corrected chi connectivity index (χ1v) is 6.25. The van der Waals surface area contributed by atoms with Crippen LogP contribution in [0.3, 0.4) is 0 Å². The summed E-state index contributed by atoms with van der Waals surface area (Å²) in [6, 6.07) is 9.72. The molecule has 0 saturated carbocycles. The molecule has 2 rings (SSSR count). The van der Waals surface area contributed by atoms with Crippen LogP contribution in [-0.4, -0.2) is 18.5 Å². The van der Waals surface area contributed by atoms with E-state index in [2.05, 4.69) is 0 Å². The molecular formula is C15H13ClO4. The normalized spacial score (nSPS) is 10.1. The number of aldehydes is 1. The van der Waals surface area contributed by atoms with E-state index in [1.165, 1.54) is 13.2 Å². The van der Waals surface area contributed by atoms with Gasteiger partial charge in [-0.3, -0.25) is 4.79 Å². The smallest absolute Gasteiger partial charge is 0.180 e. The van der Waals surface area contributed by atoms with E-state index in [1.807, 2.05) is 0 Å². The SMILES string of the molecule is COc1cc(C=O)cc(Cl)c1OCc1ccc(O)cc1. The van der Waals surface area contributed by atoms with E-state index in [9.17, 15) is 9.90 Å². The molecule has 0 aliphatic heterocycles. The van der Waals surface area contributed by atoms with Crippen LogP contribution in [0, 0.1) is 0 Å². The van der Waals surface area contributed by atoms with Crippen molar-refractivity contribution in [1.29, 1.82) is 0 Å². The van der Waals surface area contributed by atoms with E-state index in [0.717, 1.165) is 5.56 Å². The minimum atomic E-state index is 0.194. The lowest BCUT2D eigenvalue weighted by molar-refractivity contribution is 0.112. The minimum absolute atomic E-state index is 0.194. The van der Waals surface area contributed by atoms with Gasteiger partial charge in [0, 0.05) is 5.56 Å². The molecule has 0 aliphatic rings. The molecule has 2 aromatic carbocycles. The highest BCUT2D eigenvalue weighted by molar-refractivity contribution is 6.32. The lowest BCUT2D eigenvalue weighted by Crippen LogP contribution is -1.99. The van der Waals surface area contributed by atoms with Crippen molar-refractivity contribution in [2.75, 3.05) is 7.11 Å². The molecule has 4 nitrogen and oxygen atoms in total. The van der Waals surface area contributed by atoms with E-state index in [-0.39, 0.29) is 12.4 Å². The quantitative estimate of drug-likeness (QED) is 0.858. The van der Waals surface area contributed by atoms with Crippen LogP contribution in [0.1, 0.15) is 15.9 Å². The summed E-state index contributed by atoms with van der Waals surface area (Å²) in [4.78, 5) is 10.8. The molecule has 5 heteroatoms. The average Bonchev–Trinajstić information content (AvgIpc) is 2.47. The van der Waals surface area contributed by atoms with Crippen molar-refractivity contribution in [1.82, 2.24) is 0 Å². The fourth-order valence-electron chi connectivity index (χ4n) is 1.70. The summed E-state index contributed by atoms with van der Waals surface area (Å²) in [5, 5.41) is 9.52. The summed E-state index contributed by atoms with van der Waals surface area (Å²) in [5.74, 6) is 0.978. The van der Waals surface area contributed by atoms with Gasteiger partial charge in [0.15, 0.2) is 11.5 Å². The zero-order chi connectivity index (χ0) is 14.5. The van der Waals surface area contributed by atoms with Crippen LogP contribution in [-0.2, 0) is 6.61 Å². The Hall–Kier alpha value is -2.20. The Morgan fingerprint density at radius 2 is 1.95 bits per heavy atom. The molecule has 2 aromatic rings. The molecule has 0 heterocycles. The number of halogens is 1. The second-order valence-electron chi connectivity index (χ2n) is 4.11. The van der Waals surface area contributed by atoms with E-state index in [4.69, 9.17) is 21.1 Å². The van der Waals surface area contributed by atoms with Gasteiger partial charge in [0.1, 0.15) is 18.6 Å². The highest BCUT2D eigenvalue weighted by atomic mass is 35.5. The first kappa shape index (κ1) is 14.2. The molecule has 1 N–H and O–H groups in total. The fourth-order valence-corrected chi connectivity index (χ4v) is 1.97. The van der Waals surface area contributed by atoms with Crippen LogP contribution in [0.2, 0.25) is 5.02 Å². The topological polar surface area (TPSA) is 55.8 Å². The Kier molecular flexibility index (Phi) is 4.48. The van der Waals surface area contributed by atoms with Crippen LogP contribution >= 0.6 is 11.6 Å². The molecule has 20 heavy (non-hydrogen) atoms. The molecule has 104 valence electrons. The molecule has 0 radical (unpaired) electrons. The van der Waals surface area contributed by atoms with Gasteiger partial charge < -0.3 is 14.6 Å². The first-order chi connectivity index (χ1) is 9.63. The predicted octanol–water partition coefficient (Wildman–Crippen LogP) is 3.45. The summed E-state index contributed by atoms with van der Waals surface area (Å²) < 4.78 is 10.8. The highest BCUT2D eigenvalue weighted by Gasteiger charge is 2.12. The zero-order valence-corrected chi connectivity index (χ0v) is 11.6. The van der Waals surface area contributed by atoms with Gasteiger partial charge in [-0.1, -0.05) is 23.7 Å². The Morgan fingerprint density at radius 3 is 2.55 bits per heavy atom. The second-order valence-corrected chi connectivity index (χ2v) is 4.51. The largest absolute Gasteiger partial charge is 0.508 e. The number of hydrogen-bond donors (Lipinski definition) is 1. The van der Waals surface area contributed by atoms with Gasteiger partial charge in [0.25, 0.3) is 0 Å². The number of phenolic OH excluding ortho intramolecular Hbond substituents is 1. The summed E-state index contributed by atoms with van der Waals surface area (Å²) >= 11 is 6.08. The number of benzene rings is 2. The number of ether oxygens (including phenoxy) is 2. The molecule has 0 aromatic heterocycles. The van der Waals surface area contributed by atoms with Crippen molar-refractivity contribution in [3.05, 3.63) is 52.5 Å². The van der Waals surface area contributed by atoms with Crippen molar-refractivity contribution >= 4 is 17.9 Å². The zero-order valence-electron chi connectivity index (χ0n) is 10.8. The molecule has 0 unspecified atom stereocenters. The molecule has 0 aliphatic carbocycles. The number of carbonyl (C=O) groups is 1. The molecule has 0 bridgehead atoms.